The maximum atomic E-state index is 9.40. The van der Waals surface area contributed by atoms with Crippen molar-refractivity contribution in [2.24, 2.45) is 0 Å². The smallest absolute Gasteiger partial charge is 0.117 e. The van der Waals surface area contributed by atoms with Gasteiger partial charge in [0.1, 0.15) is 5.75 Å². The first-order valence-electron chi connectivity index (χ1n) is 5.09. The first-order valence-corrected chi connectivity index (χ1v) is 5.09. The van der Waals surface area contributed by atoms with Gasteiger partial charge in [0.05, 0.1) is 0 Å². The Hall–Kier alpha value is -0.890. The quantitative estimate of drug-likeness (QED) is 0.711. The molecule has 1 aliphatic heterocycles. The van der Waals surface area contributed by atoms with Crippen LogP contribution in [0.1, 0.15) is 38.7 Å². The molecule has 0 amide bonds. The fourth-order valence-electron chi connectivity index (χ4n) is 2.37. The van der Waals surface area contributed by atoms with Crippen molar-refractivity contribution in [1.82, 2.24) is 0 Å². The maximum absolute atomic E-state index is 9.40. The van der Waals surface area contributed by atoms with Gasteiger partial charge in [0.2, 0.25) is 0 Å². The van der Waals surface area contributed by atoms with Crippen LogP contribution in [0.25, 0.3) is 0 Å². The Balaban J connectivity index is 0.00000112. The molecule has 2 rings (SSSR count). The molecule has 2 N–H and O–H groups in total. The fraction of sp³-hybridized carbons (Fsp3) is 0.500. The van der Waals surface area contributed by atoms with Crippen molar-refractivity contribution >= 4 is 18.1 Å². The zero-order valence-corrected chi connectivity index (χ0v) is 10.2. The first kappa shape index (κ1) is 12.2. The molecule has 1 aromatic carbocycles. The van der Waals surface area contributed by atoms with Crippen molar-refractivity contribution in [1.29, 1.82) is 0 Å². The van der Waals surface area contributed by atoms with Gasteiger partial charge in [-0.05, 0) is 37.8 Å². The number of phenols is 1. The van der Waals surface area contributed by atoms with Crippen molar-refractivity contribution in [3.8, 4) is 5.75 Å². The Kier molecular flexibility index (Phi) is 3.19. The van der Waals surface area contributed by atoms with E-state index in [1.54, 1.807) is 6.07 Å². The molecule has 0 radical (unpaired) electrons. The summed E-state index contributed by atoms with van der Waals surface area (Å²) < 4.78 is 0. The highest BCUT2D eigenvalue weighted by Crippen LogP contribution is 2.39. The Morgan fingerprint density at radius 3 is 2.73 bits per heavy atom. The van der Waals surface area contributed by atoms with E-state index in [0.717, 1.165) is 12.1 Å². The van der Waals surface area contributed by atoms with Crippen LogP contribution in [0.15, 0.2) is 18.2 Å². The minimum atomic E-state index is 0. The molecule has 15 heavy (non-hydrogen) atoms. The summed E-state index contributed by atoms with van der Waals surface area (Å²) in [7, 11) is 0. The van der Waals surface area contributed by atoms with Gasteiger partial charge in [-0.25, -0.2) is 0 Å². The molecule has 84 valence electrons. The molecule has 0 aromatic heterocycles. The number of hydrogen-bond acceptors (Lipinski definition) is 2. The van der Waals surface area contributed by atoms with Gasteiger partial charge in [-0.3, -0.25) is 0 Å². The third-order valence-electron chi connectivity index (χ3n) is 2.86. The molecule has 0 saturated heterocycles. The topological polar surface area (TPSA) is 32.3 Å². The average Bonchev–Trinajstić information content (AvgIpc) is 2.00. The summed E-state index contributed by atoms with van der Waals surface area (Å²) >= 11 is 0. The van der Waals surface area contributed by atoms with Crippen LogP contribution in [0.4, 0.5) is 5.69 Å². The number of anilines is 1. The lowest BCUT2D eigenvalue weighted by atomic mass is 9.82. The summed E-state index contributed by atoms with van der Waals surface area (Å²) in [6, 6.07) is 5.58. The molecule has 2 nitrogen and oxygen atoms in total. The molecular weight excluding hydrogens is 210 g/mol. The number of nitrogens with one attached hydrogen (secondary N) is 1. The maximum Gasteiger partial charge on any atom is 0.117 e. The van der Waals surface area contributed by atoms with Gasteiger partial charge >= 0.3 is 0 Å². The van der Waals surface area contributed by atoms with Gasteiger partial charge in [-0.2, -0.15) is 0 Å². The van der Waals surface area contributed by atoms with E-state index in [4.69, 9.17) is 0 Å². The molecule has 1 heterocycles. The molecule has 1 unspecified atom stereocenters. The van der Waals surface area contributed by atoms with Gasteiger partial charge < -0.3 is 10.4 Å². The predicted octanol–water partition coefficient (Wildman–Crippen LogP) is 3.51. The minimum Gasteiger partial charge on any atom is -0.508 e. The monoisotopic (exact) mass is 227 g/mol. The number of halogens is 1. The highest BCUT2D eigenvalue weighted by molar-refractivity contribution is 5.85. The molecule has 0 aliphatic carbocycles. The van der Waals surface area contributed by atoms with Crippen molar-refractivity contribution < 1.29 is 5.11 Å². The Morgan fingerprint density at radius 2 is 2.07 bits per heavy atom. The van der Waals surface area contributed by atoms with Gasteiger partial charge in [0.15, 0.2) is 0 Å². The van der Waals surface area contributed by atoms with Crippen molar-refractivity contribution in [2.75, 3.05) is 5.32 Å². The van der Waals surface area contributed by atoms with Crippen LogP contribution in [-0.2, 0) is 0 Å². The molecule has 0 fully saturated rings. The number of fused-ring (bicyclic) bond motifs is 1. The van der Waals surface area contributed by atoms with Gasteiger partial charge in [-0.15, -0.1) is 12.4 Å². The summed E-state index contributed by atoms with van der Waals surface area (Å²) in [5, 5.41) is 12.9. The largest absolute Gasteiger partial charge is 0.508 e. The number of aromatic hydroxyl groups is 1. The van der Waals surface area contributed by atoms with Crippen LogP contribution in [0.2, 0.25) is 0 Å². The van der Waals surface area contributed by atoms with Crippen LogP contribution in [0, 0.1) is 0 Å². The second kappa shape index (κ2) is 3.93. The zero-order chi connectivity index (χ0) is 10.3. The van der Waals surface area contributed by atoms with E-state index in [2.05, 4.69) is 26.1 Å². The third kappa shape index (κ3) is 2.37. The van der Waals surface area contributed by atoms with Gasteiger partial charge in [0, 0.05) is 17.3 Å². The van der Waals surface area contributed by atoms with E-state index in [0.29, 0.717) is 11.7 Å². The number of hydrogen-bond donors (Lipinski definition) is 2. The summed E-state index contributed by atoms with van der Waals surface area (Å²) in [5.41, 5.74) is 2.51. The fourth-order valence-corrected chi connectivity index (χ4v) is 2.37. The normalized spacial score (nSPS) is 22.2. The summed E-state index contributed by atoms with van der Waals surface area (Å²) in [6.07, 6.45) is 1.13. The number of rotatable bonds is 0. The van der Waals surface area contributed by atoms with E-state index in [9.17, 15) is 5.11 Å². The lowest BCUT2D eigenvalue weighted by molar-refractivity contribution is 0.448. The number of benzene rings is 1. The first-order chi connectivity index (χ1) is 6.48. The third-order valence-corrected chi connectivity index (χ3v) is 2.86. The van der Waals surface area contributed by atoms with E-state index < -0.39 is 0 Å². The highest BCUT2D eigenvalue weighted by atomic mass is 35.5. The molecule has 1 atom stereocenters. The molecule has 0 spiro atoms. The summed E-state index contributed by atoms with van der Waals surface area (Å²) in [4.78, 5) is 0. The van der Waals surface area contributed by atoms with Crippen LogP contribution >= 0.6 is 12.4 Å². The Labute approximate surface area is 97.1 Å². The van der Waals surface area contributed by atoms with Crippen LogP contribution < -0.4 is 5.32 Å². The predicted molar refractivity (Wildman–Crippen MR) is 66.1 cm³/mol. The molecule has 3 heteroatoms. The SMILES string of the molecule is CC1CC(C)(C)Nc2cc(O)ccc21.Cl. The average molecular weight is 228 g/mol. The van der Waals surface area contributed by atoms with E-state index in [-0.39, 0.29) is 17.9 Å². The van der Waals surface area contributed by atoms with Crippen molar-refractivity contribution in [3.05, 3.63) is 23.8 Å². The zero-order valence-electron chi connectivity index (χ0n) is 9.37. The van der Waals surface area contributed by atoms with Crippen LogP contribution in [-0.4, -0.2) is 10.6 Å². The van der Waals surface area contributed by atoms with Crippen molar-refractivity contribution in [3.63, 3.8) is 0 Å². The number of phenolic OH excluding ortho intramolecular Hbond substituents is 1. The van der Waals surface area contributed by atoms with Crippen LogP contribution in [0.5, 0.6) is 5.75 Å². The van der Waals surface area contributed by atoms with E-state index in [1.165, 1.54) is 5.56 Å². The second-order valence-corrected chi connectivity index (χ2v) is 4.89. The molecular formula is C12H18ClNO. The lowest BCUT2D eigenvalue weighted by Crippen LogP contribution is -2.36. The van der Waals surface area contributed by atoms with E-state index >= 15 is 0 Å². The second-order valence-electron chi connectivity index (χ2n) is 4.89. The highest BCUT2D eigenvalue weighted by Gasteiger charge is 2.28. The van der Waals surface area contributed by atoms with Crippen LogP contribution in [0.3, 0.4) is 0 Å². The summed E-state index contributed by atoms with van der Waals surface area (Å²) in [5.74, 6) is 0.892. The standard InChI is InChI=1S/C12H17NO.ClH/c1-8-7-12(2,3)13-11-6-9(14)4-5-10(8)11;/h4-6,8,13-14H,7H2,1-3H3;1H. The minimum absolute atomic E-state index is 0. The molecule has 1 aromatic rings. The lowest BCUT2D eigenvalue weighted by Gasteiger charge is -2.37. The molecule has 0 saturated carbocycles. The Morgan fingerprint density at radius 1 is 1.40 bits per heavy atom. The summed E-state index contributed by atoms with van der Waals surface area (Å²) in [6.45, 7) is 6.62. The van der Waals surface area contributed by atoms with Crippen molar-refractivity contribution in [2.45, 2.75) is 38.6 Å². The molecule has 0 bridgehead atoms. The van der Waals surface area contributed by atoms with E-state index in [1.807, 2.05) is 12.1 Å². The molecule has 1 aliphatic rings. The van der Waals surface area contributed by atoms with Gasteiger partial charge in [-0.1, -0.05) is 13.0 Å². The Bertz CT molecular complexity index is 363. The van der Waals surface area contributed by atoms with Gasteiger partial charge in [0.25, 0.3) is 0 Å².